The number of ether oxygens (including phenoxy) is 2. The summed E-state index contributed by atoms with van der Waals surface area (Å²) in [6, 6.07) is -0.827. The van der Waals surface area contributed by atoms with Gasteiger partial charge in [0, 0.05) is 6.54 Å². The van der Waals surface area contributed by atoms with Crippen LogP contribution in [0.5, 0.6) is 0 Å². The van der Waals surface area contributed by atoms with Crippen LogP contribution in [0.3, 0.4) is 0 Å². The Bertz CT molecular complexity index is 425. The van der Waals surface area contributed by atoms with Gasteiger partial charge < -0.3 is 34.3 Å². The quantitative estimate of drug-likeness (QED) is 0.282. The molecule has 0 rings (SSSR count). The highest BCUT2D eigenvalue weighted by Crippen LogP contribution is 2.47. The van der Waals surface area contributed by atoms with Gasteiger partial charge in [0.05, 0.1) is 45.8 Å². The molecule has 1 unspecified atom stereocenters. The molecule has 0 aliphatic carbocycles. The molecule has 0 bridgehead atoms. The van der Waals surface area contributed by atoms with Gasteiger partial charge >= 0.3 is 13.7 Å². The van der Waals surface area contributed by atoms with Crippen LogP contribution in [0.1, 0.15) is 20.8 Å². The molecule has 1 atom stereocenters. The molecule has 0 saturated heterocycles. The van der Waals surface area contributed by atoms with Crippen molar-refractivity contribution in [1.82, 2.24) is 10.6 Å². The lowest BCUT2D eigenvalue weighted by atomic mass is 10.3. The summed E-state index contributed by atoms with van der Waals surface area (Å²) in [6.45, 7) is 6.95. The maximum atomic E-state index is 12.1. The average Bonchev–Trinajstić information content (AvgIpc) is 2.52. The van der Waals surface area contributed by atoms with Crippen LogP contribution in [-0.2, 0) is 27.9 Å². The van der Waals surface area contributed by atoms with Gasteiger partial charge in [-0.25, -0.2) is 4.79 Å². The van der Waals surface area contributed by atoms with Gasteiger partial charge in [0.2, 0.25) is 5.91 Å². The zero-order valence-corrected chi connectivity index (χ0v) is 15.9. The number of carboxylic acid groups (broad SMARTS) is 1. The van der Waals surface area contributed by atoms with E-state index in [0.717, 1.165) is 0 Å². The number of nitrogens with one attached hydrogen (secondary N) is 2. The van der Waals surface area contributed by atoms with Crippen LogP contribution in [0.15, 0.2) is 0 Å². The predicted octanol–water partition coefficient (Wildman–Crippen LogP) is 1.06. The SMILES string of the molecule is CCOP(=O)(CCOCCOCCNC(=O)C(C)NC(=O)O)OCC. The Kier molecular flexibility index (Phi) is 13.4. The summed E-state index contributed by atoms with van der Waals surface area (Å²) in [5.74, 6) is -0.426. The summed E-state index contributed by atoms with van der Waals surface area (Å²) >= 11 is 0. The lowest BCUT2D eigenvalue weighted by Crippen LogP contribution is -2.45. The first kappa shape index (κ1) is 23.8. The second kappa shape index (κ2) is 14.0. The molecule has 0 radical (unpaired) electrons. The minimum Gasteiger partial charge on any atom is -0.465 e. The van der Waals surface area contributed by atoms with Crippen LogP contribution < -0.4 is 10.6 Å². The van der Waals surface area contributed by atoms with Crippen molar-refractivity contribution < 1.29 is 37.8 Å². The fourth-order valence-corrected chi connectivity index (χ4v) is 3.18. The number of amides is 2. The molecular formula is C14H29N2O8P. The third-order valence-corrected chi connectivity index (χ3v) is 4.85. The van der Waals surface area contributed by atoms with Gasteiger partial charge in [0.25, 0.3) is 0 Å². The first-order valence-electron chi connectivity index (χ1n) is 8.15. The minimum atomic E-state index is -3.08. The monoisotopic (exact) mass is 384 g/mol. The predicted molar refractivity (Wildman–Crippen MR) is 91.0 cm³/mol. The zero-order chi connectivity index (χ0) is 19.1. The van der Waals surface area contributed by atoms with Crippen molar-refractivity contribution in [2.75, 3.05) is 52.3 Å². The topological polar surface area (TPSA) is 132 Å². The van der Waals surface area contributed by atoms with E-state index in [0.29, 0.717) is 26.4 Å². The Labute approximate surface area is 148 Å². The molecule has 0 saturated carbocycles. The molecule has 0 aliphatic rings. The van der Waals surface area contributed by atoms with E-state index < -0.39 is 25.6 Å². The second-order valence-electron chi connectivity index (χ2n) is 4.86. The molecule has 11 heteroatoms. The van der Waals surface area contributed by atoms with Gasteiger partial charge in [-0.15, -0.1) is 0 Å². The molecule has 25 heavy (non-hydrogen) atoms. The molecule has 0 aromatic heterocycles. The average molecular weight is 384 g/mol. The summed E-state index contributed by atoms with van der Waals surface area (Å²) in [7, 11) is -3.08. The molecule has 2 amide bonds. The summed E-state index contributed by atoms with van der Waals surface area (Å²) in [6.07, 6.45) is -1.08. The van der Waals surface area contributed by atoms with E-state index in [4.69, 9.17) is 23.6 Å². The van der Waals surface area contributed by atoms with E-state index >= 15 is 0 Å². The van der Waals surface area contributed by atoms with E-state index in [2.05, 4.69) is 5.32 Å². The first-order valence-corrected chi connectivity index (χ1v) is 9.88. The van der Waals surface area contributed by atoms with E-state index in [9.17, 15) is 14.2 Å². The Balaban J connectivity index is 3.63. The molecule has 0 spiro atoms. The summed E-state index contributed by atoms with van der Waals surface area (Å²) in [5.41, 5.74) is 0. The van der Waals surface area contributed by atoms with Crippen molar-refractivity contribution >= 4 is 19.6 Å². The normalized spacial score (nSPS) is 12.6. The number of carbonyl (C=O) groups is 2. The van der Waals surface area contributed by atoms with Gasteiger partial charge in [0.15, 0.2) is 0 Å². The molecule has 10 nitrogen and oxygen atoms in total. The maximum Gasteiger partial charge on any atom is 0.405 e. The third-order valence-electron chi connectivity index (χ3n) is 2.81. The van der Waals surface area contributed by atoms with Gasteiger partial charge in [-0.05, 0) is 20.8 Å². The van der Waals surface area contributed by atoms with Crippen molar-refractivity contribution in [1.29, 1.82) is 0 Å². The van der Waals surface area contributed by atoms with E-state index in [1.807, 2.05) is 5.32 Å². The molecule has 0 heterocycles. The fraction of sp³-hybridized carbons (Fsp3) is 0.857. The third kappa shape index (κ3) is 12.8. The lowest BCUT2D eigenvalue weighted by Gasteiger charge is -2.16. The molecule has 0 fully saturated rings. The number of carbonyl (C=O) groups excluding carboxylic acids is 1. The van der Waals surface area contributed by atoms with Crippen molar-refractivity contribution in [3.05, 3.63) is 0 Å². The Morgan fingerprint density at radius 1 is 1.04 bits per heavy atom. The van der Waals surface area contributed by atoms with Gasteiger partial charge in [-0.3, -0.25) is 9.36 Å². The van der Waals surface area contributed by atoms with Crippen LogP contribution in [0.2, 0.25) is 0 Å². The second-order valence-corrected chi connectivity index (χ2v) is 7.04. The van der Waals surface area contributed by atoms with Crippen LogP contribution >= 0.6 is 7.60 Å². The highest BCUT2D eigenvalue weighted by molar-refractivity contribution is 7.53. The van der Waals surface area contributed by atoms with Gasteiger partial charge in [-0.1, -0.05) is 0 Å². The molecular weight excluding hydrogens is 355 g/mol. The summed E-state index contributed by atoms with van der Waals surface area (Å²) < 4.78 is 33.0. The smallest absolute Gasteiger partial charge is 0.405 e. The Hall–Kier alpha value is -1.19. The highest BCUT2D eigenvalue weighted by Gasteiger charge is 2.22. The summed E-state index contributed by atoms with van der Waals surface area (Å²) in [4.78, 5) is 21.9. The Morgan fingerprint density at radius 2 is 1.60 bits per heavy atom. The first-order chi connectivity index (χ1) is 11.8. The molecule has 3 N–H and O–H groups in total. The Morgan fingerprint density at radius 3 is 2.12 bits per heavy atom. The van der Waals surface area contributed by atoms with E-state index in [1.165, 1.54) is 6.92 Å². The van der Waals surface area contributed by atoms with Crippen LogP contribution in [0.25, 0.3) is 0 Å². The minimum absolute atomic E-state index is 0.180. The zero-order valence-electron chi connectivity index (χ0n) is 15.0. The highest BCUT2D eigenvalue weighted by atomic mass is 31.2. The van der Waals surface area contributed by atoms with E-state index in [-0.39, 0.29) is 25.9 Å². The largest absolute Gasteiger partial charge is 0.465 e. The van der Waals surface area contributed by atoms with Crippen LogP contribution in [-0.4, -0.2) is 75.5 Å². The van der Waals surface area contributed by atoms with Gasteiger partial charge in [-0.2, -0.15) is 0 Å². The van der Waals surface area contributed by atoms with Crippen LogP contribution in [0, 0.1) is 0 Å². The molecule has 0 aromatic rings. The summed E-state index contributed by atoms with van der Waals surface area (Å²) in [5, 5.41) is 13.1. The van der Waals surface area contributed by atoms with Gasteiger partial charge in [0.1, 0.15) is 6.04 Å². The van der Waals surface area contributed by atoms with Crippen molar-refractivity contribution in [2.24, 2.45) is 0 Å². The maximum absolute atomic E-state index is 12.1. The molecule has 0 aromatic carbocycles. The number of hydrogen-bond acceptors (Lipinski definition) is 7. The van der Waals surface area contributed by atoms with Crippen molar-refractivity contribution in [2.45, 2.75) is 26.8 Å². The molecule has 0 aliphatic heterocycles. The van der Waals surface area contributed by atoms with Crippen LogP contribution in [0.4, 0.5) is 4.79 Å². The fourth-order valence-electron chi connectivity index (χ4n) is 1.71. The number of rotatable bonds is 15. The molecule has 148 valence electrons. The van der Waals surface area contributed by atoms with E-state index in [1.54, 1.807) is 13.8 Å². The number of hydrogen-bond donors (Lipinski definition) is 3. The van der Waals surface area contributed by atoms with Crippen molar-refractivity contribution in [3.63, 3.8) is 0 Å². The van der Waals surface area contributed by atoms with Crippen molar-refractivity contribution in [3.8, 4) is 0 Å². The standard InChI is InChI=1S/C14H29N2O8P/c1-4-23-25(20,24-5-2)11-10-22-9-8-21-7-6-15-13(17)12(3)16-14(18)19/h12,16H,4-11H2,1-3H3,(H,15,17)(H,18,19). The lowest BCUT2D eigenvalue weighted by molar-refractivity contribution is -0.122.